The molecule has 5 nitrogen and oxygen atoms in total. The maximum Gasteiger partial charge on any atom is 0.324 e. The van der Waals surface area contributed by atoms with Gasteiger partial charge in [0.15, 0.2) is 0 Å². The van der Waals surface area contributed by atoms with Crippen LogP contribution in [0.25, 0.3) is 0 Å². The van der Waals surface area contributed by atoms with E-state index >= 15 is 0 Å². The highest BCUT2D eigenvalue weighted by Gasteiger charge is 2.41. The number of hydrogen-bond acceptors (Lipinski definition) is 4. The number of carboxylic acids is 1. The molecule has 34 heavy (non-hydrogen) atoms. The van der Waals surface area contributed by atoms with E-state index in [4.69, 9.17) is 27.9 Å². The van der Waals surface area contributed by atoms with Gasteiger partial charge in [-0.2, -0.15) is 0 Å². The molecule has 7 heteroatoms. The van der Waals surface area contributed by atoms with Gasteiger partial charge in [-0.1, -0.05) is 53.5 Å². The number of hydrogen-bond donors (Lipinski definition) is 1. The van der Waals surface area contributed by atoms with Crippen LogP contribution in [-0.2, 0) is 11.2 Å². The largest absolute Gasteiger partial charge is 0.490 e. The van der Waals surface area contributed by atoms with E-state index in [1.807, 2.05) is 43.3 Å². The van der Waals surface area contributed by atoms with Gasteiger partial charge in [0, 0.05) is 32.1 Å². The Labute approximate surface area is 212 Å². The van der Waals surface area contributed by atoms with Crippen molar-refractivity contribution in [2.45, 2.75) is 50.7 Å². The second-order valence-electron chi connectivity index (χ2n) is 9.87. The van der Waals surface area contributed by atoms with Crippen molar-refractivity contribution in [3.8, 4) is 5.75 Å². The average molecular weight is 505 g/mol. The summed E-state index contributed by atoms with van der Waals surface area (Å²) in [5.41, 5.74) is 0.201. The smallest absolute Gasteiger partial charge is 0.324 e. The second kappa shape index (κ2) is 11.3. The summed E-state index contributed by atoms with van der Waals surface area (Å²) in [4.78, 5) is 17.0. The first-order valence-corrected chi connectivity index (χ1v) is 13.0. The zero-order valence-corrected chi connectivity index (χ0v) is 21.3. The highest BCUT2D eigenvalue weighted by Crippen LogP contribution is 2.30. The van der Waals surface area contributed by atoms with Gasteiger partial charge in [-0.25, -0.2) is 0 Å². The van der Waals surface area contributed by atoms with Crippen LogP contribution in [0.15, 0.2) is 48.5 Å². The van der Waals surface area contributed by atoms with E-state index in [9.17, 15) is 9.90 Å². The number of nitrogens with zero attached hydrogens (tertiary/aromatic N) is 2. The Balaban J connectivity index is 1.23. The average Bonchev–Trinajstić information content (AvgIpc) is 2.83. The van der Waals surface area contributed by atoms with Crippen molar-refractivity contribution in [2.24, 2.45) is 5.92 Å². The fourth-order valence-electron chi connectivity index (χ4n) is 5.24. The summed E-state index contributed by atoms with van der Waals surface area (Å²) in [6, 6.07) is 15.4. The third-order valence-electron chi connectivity index (χ3n) is 7.41. The number of aliphatic carboxylic acids is 1. The number of carboxylic acid groups (broad SMARTS) is 1. The van der Waals surface area contributed by atoms with Crippen LogP contribution < -0.4 is 4.74 Å². The molecule has 0 saturated carbocycles. The van der Waals surface area contributed by atoms with E-state index in [1.54, 1.807) is 12.1 Å². The van der Waals surface area contributed by atoms with Crippen LogP contribution in [0.2, 0.25) is 10.0 Å². The number of ether oxygens (including phenoxy) is 1. The molecule has 184 valence electrons. The molecule has 2 aromatic rings. The van der Waals surface area contributed by atoms with Crippen molar-refractivity contribution in [3.63, 3.8) is 0 Å². The van der Waals surface area contributed by atoms with E-state index in [2.05, 4.69) is 9.80 Å². The molecule has 2 heterocycles. The summed E-state index contributed by atoms with van der Waals surface area (Å²) in [7, 11) is 0. The van der Waals surface area contributed by atoms with Gasteiger partial charge in [0.25, 0.3) is 0 Å². The number of carbonyl (C=O) groups is 1. The maximum atomic E-state index is 12.2. The van der Waals surface area contributed by atoms with Crippen LogP contribution >= 0.6 is 23.2 Å². The monoisotopic (exact) mass is 504 g/mol. The molecule has 2 fully saturated rings. The van der Waals surface area contributed by atoms with Crippen LogP contribution in [0.3, 0.4) is 0 Å². The maximum absolute atomic E-state index is 12.2. The molecule has 0 aromatic heterocycles. The van der Waals surface area contributed by atoms with Crippen molar-refractivity contribution in [1.82, 2.24) is 9.80 Å². The van der Waals surface area contributed by atoms with E-state index in [0.29, 0.717) is 22.4 Å². The first-order chi connectivity index (χ1) is 16.3. The van der Waals surface area contributed by atoms with Gasteiger partial charge in [-0.3, -0.25) is 9.69 Å². The van der Waals surface area contributed by atoms with Crippen LogP contribution in [0.1, 0.15) is 38.2 Å². The normalized spacial score (nSPS) is 20.7. The summed E-state index contributed by atoms with van der Waals surface area (Å²) in [5, 5.41) is 11.1. The van der Waals surface area contributed by atoms with Crippen molar-refractivity contribution in [2.75, 3.05) is 32.7 Å². The highest BCUT2D eigenvalue weighted by atomic mass is 35.5. The van der Waals surface area contributed by atoms with Crippen LogP contribution in [-0.4, -0.2) is 65.2 Å². The topological polar surface area (TPSA) is 53.0 Å². The molecular weight excluding hydrogens is 471 g/mol. The first-order valence-electron chi connectivity index (χ1n) is 12.2. The minimum atomic E-state index is -0.868. The zero-order chi connectivity index (χ0) is 24.1. The molecule has 0 aliphatic carbocycles. The molecule has 2 saturated heterocycles. The summed E-state index contributed by atoms with van der Waals surface area (Å²) < 4.78 is 6.12. The van der Waals surface area contributed by atoms with Crippen molar-refractivity contribution < 1.29 is 14.6 Å². The predicted octanol–water partition coefficient (Wildman–Crippen LogP) is 5.63. The minimum absolute atomic E-state index is 0.199. The van der Waals surface area contributed by atoms with Gasteiger partial charge in [0.1, 0.15) is 17.4 Å². The predicted molar refractivity (Wildman–Crippen MR) is 137 cm³/mol. The highest BCUT2D eigenvalue weighted by molar-refractivity contribution is 6.42. The third-order valence-corrected chi connectivity index (χ3v) is 8.15. The van der Waals surface area contributed by atoms with Crippen molar-refractivity contribution >= 4 is 29.2 Å². The van der Waals surface area contributed by atoms with Crippen LogP contribution in [0.5, 0.6) is 5.75 Å². The Morgan fingerprint density at radius 2 is 1.68 bits per heavy atom. The molecule has 0 amide bonds. The van der Waals surface area contributed by atoms with E-state index < -0.39 is 11.5 Å². The van der Waals surface area contributed by atoms with E-state index in [0.717, 1.165) is 69.7 Å². The lowest BCUT2D eigenvalue weighted by Crippen LogP contribution is -2.57. The number of piperidine rings is 2. The lowest BCUT2D eigenvalue weighted by Gasteiger charge is -2.43. The number of rotatable bonds is 8. The Morgan fingerprint density at radius 3 is 2.29 bits per heavy atom. The molecule has 1 N–H and O–H groups in total. The Hall–Kier alpha value is -1.79. The quantitative estimate of drug-likeness (QED) is 0.504. The van der Waals surface area contributed by atoms with Gasteiger partial charge >= 0.3 is 5.97 Å². The molecule has 0 radical (unpaired) electrons. The van der Waals surface area contributed by atoms with Crippen LogP contribution in [0, 0.1) is 5.92 Å². The molecular formula is C27H34Cl2N2O3. The third kappa shape index (κ3) is 6.25. The number of likely N-dealkylation sites (tertiary alicyclic amines) is 2. The van der Waals surface area contributed by atoms with Gasteiger partial charge in [0.2, 0.25) is 0 Å². The van der Waals surface area contributed by atoms with Crippen molar-refractivity contribution in [3.05, 3.63) is 64.1 Å². The fourth-order valence-corrected chi connectivity index (χ4v) is 5.53. The first kappa shape index (κ1) is 25.3. The van der Waals surface area contributed by atoms with Crippen LogP contribution in [0.4, 0.5) is 0 Å². The van der Waals surface area contributed by atoms with Gasteiger partial charge in [-0.15, -0.1) is 0 Å². The minimum Gasteiger partial charge on any atom is -0.490 e. The number of halogens is 2. The Kier molecular flexibility index (Phi) is 8.41. The Bertz CT molecular complexity index is 958. The summed E-state index contributed by atoms with van der Waals surface area (Å²) in [6.07, 6.45) is 4.79. The van der Waals surface area contributed by atoms with Gasteiger partial charge in [-0.05, 0) is 69.3 Å². The molecule has 4 rings (SSSR count). The lowest BCUT2D eigenvalue weighted by molar-refractivity contribution is -0.151. The Morgan fingerprint density at radius 1 is 1.00 bits per heavy atom. The summed E-state index contributed by atoms with van der Waals surface area (Å²) >= 11 is 12.1. The fraction of sp³-hybridized carbons (Fsp3) is 0.519. The SMILES string of the molecule is C[C@](Cc1ccccc1)(C(=O)O)N1CCC(CN2CCC(Oc3ccc(Cl)c(Cl)c3)CC2)CC1. The summed E-state index contributed by atoms with van der Waals surface area (Å²) in [5.74, 6) is 0.648. The standard InChI is InChI=1S/C27H34Cl2N2O3/c1-27(26(32)33,18-20-5-3-2-4-6-20)31-15-9-21(10-16-31)19-30-13-11-22(12-14-30)34-23-7-8-24(28)25(29)17-23/h2-8,17,21-22H,9-16,18-19H2,1H3,(H,32,33)/t27-/m0/s1. The molecule has 2 aliphatic rings. The lowest BCUT2D eigenvalue weighted by atomic mass is 9.86. The molecule has 0 bridgehead atoms. The molecule has 0 spiro atoms. The van der Waals surface area contributed by atoms with E-state index in [1.165, 1.54) is 0 Å². The second-order valence-corrected chi connectivity index (χ2v) is 10.7. The molecule has 2 aliphatic heterocycles. The van der Waals surface area contributed by atoms with E-state index in [-0.39, 0.29) is 6.10 Å². The zero-order valence-electron chi connectivity index (χ0n) is 19.8. The van der Waals surface area contributed by atoms with Gasteiger partial charge < -0.3 is 14.7 Å². The molecule has 1 atom stereocenters. The molecule has 0 unspecified atom stereocenters. The summed E-state index contributed by atoms with van der Waals surface area (Å²) in [6.45, 7) is 6.66. The number of benzene rings is 2. The molecule has 2 aromatic carbocycles. The van der Waals surface area contributed by atoms with Gasteiger partial charge in [0.05, 0.1) is 10.0 Å². The van der Waals surface area contributed by atoms with Crippen molar-refractivity contribution in [1.29, 1.82) is 0 Å².